The third kappa shape index (κ3) is 3.90. The van der Waals surface area contributed by atoms with Crippen molar-refractivity contribution in [3.63, 3.8) is 0 Å². The van der Waals surface area contributed by atoms with Crippen molar-refractivity contribution in [2.75, 3.05) is 11.1 Å². The number of hydrogen-bond acceptors (Lipinski definition) is 2. The Morgan fingerprint density at radius 3 is 2.14 bits per heavy atom. The standard InChI is InChI=1S/C16H17F3N2/c1-2-11-3-5-12(6-4-11)10-21-15-8-7-13(9-14(15)20)16(17,18)19/h3-9,21H,2,10,20H2,1H3. The fraction of sp³-hybridized carbons (Fsp3) is 0.250. The fourth-order valence-electron chi connectivity index (χ4n) is 1.99. The number of benzene rings is 2. The summed E-state index contributed by atoms with van der Waals surface area (Å²) in [6, 6.07) is 11.4. The van der Waals surface area contributed by atoms with E-state index in [4.69, 9.17) is 5.73 Å². The van der Waals surface area contributed by atoms with Crippen LogP contribution in [0.2, 0.25) is 0 Å². The molecule has 0 saturated carbocycles. The summed E-state index contributed by atoms with van der Waals surface area (Å²) in [6.07, 6.45) is -3.40. The summed E-state index contributed by atoms with van der Waals surface area (Å²) < 4.78 is 37.6. The monoisotopic (exact) mass is 294 g/mol. The Morgan fingerprint density at radius 2 is 1.62 bits per heavy atom. The van der Waals surface area contributed by atoms with Crippen LogP contribution in [0.15, 0.2) is 42.5 Å². The Hall–Kier alpha value is -2.17. The number of nitrogens with two attached hydrogens (primary N) is 1. The smallest absolute Gasteiger partial charge is 0.397 e. The average Bonchev–Trinajstić information content (AvgIpc) is 2.45. The molecule has 112 valence electrons. The minimum atomic E-state index is -4.37. The molecule has 3 N–H and O–H groups in total. The largest absolute Gasteiger partial charge is 0.416 e. The quantitative estimate of drug-likeness (QED) is 0.817. The molecule has 0 aliphatic rings. The summed E-state index contributed by atoms with van der Waals surface area (Å²) in [7, 11) is 0. The van der Waals surface area contributed by atoms with Gasteiger partial charge in [-0.25, -0.2) is 0 Å². The minimum absolute atomic E-state index is 0.0926. The van der Waals surface area contributed by atoms with Gasteiger partial charge in [-0.05, 0) is 35.7 Å². The van der Waals surface area contributed by atoms with Gasteiger partial charge in [0.15, 0.2) is 0 Å². The molecule has 0 aromatic heterocycles. The van der Waals surface area contributed by atoms with Gasteiger partial charge in [0, 0.05) is 6.54 Å². The molecule has 0 atom stereocenters. The Labute approximate surface area is 121 Å². The molecule has 0 radical (unpaired) electrons. The molecule has 21 heavy (non-hydrogen) atoms. The maximum absolute atomic E-state index is 12.5. The zero-order valence-electron chi connectivity index (χ0n) is 11.7. The molecular formula is C16H17F3N2. The lowest BCUT2D eigenvalue weighted by Gasteiger charge is -2.13. The highest BCUT2D eigenvalue weighted by Gasteiger charge is 2.30. The molecule has 0 aliphatic heterocycles. The molecule has 5 heteroatoms. The number of nitrogens with one attached hydrogen (secondary N) is 1. The maximum atomic E-state index is 12.5. The van der Waals surface area contributed by atoms with Gasteiger partial charge in [-0.15, -0.1) is 0 Å². The third-order valence-electron chi connectivity index (χ3n) is 3.29. The molecule has 2 aromatic rings. The second kappa shape index (κ2) is 6.08. The molecule has 0 saturated heterocycles. The lowest BCUT2D eigenvalue weighted by Crippen LogP contribution is -2.08. The van der Waals surface area contributed by atoms with Gasteiger partial charge in [0.05, 0.1) is 16.9 Å². The normalized spacial score (nSPS) is 11.4. The Kier molecular flexibility index (Phi) is 4.40. The van der Waals surface area contributed by atoms with Gasteiger partial charge in [0.2, 0.25) is 0 Å². The van der Waals surface area contributed by atoms with E-state index >= 15 is 0 Å². The average molecular weight is 294 g/mol. The van der Waals surface area contributed by atoms with Crippen LogP contribution in [0.25, 0.3) is 0 Å². The van der Waals surface area contributed by atoms with E-state index in [1.165, 1.54) is 11.6 Å². The molecule has 0 heterocycles. The number of hydrogen-bond donors (Lipinski definition) is 2. The summed E-state index contributed by atoms with van der Waals surface area (Å²) in [4.78, 5) is 0. The summed E-state index contributed by atoms with van der Waals surface area (Å²) >= 11 is 0. The molecule has 0 amide bonds. The zero-order chi connectivity index (χ0) is 15.5. The summed E-state index contributed by atoms with van der Waals surface area (Å²) in [5.41, 5.74) is 7.81. The predicted octanol–water partition coefficient (Wildman–Crippen LogP) is 4.46. The first kappa shape index (κ1) is 15.2. The molecule has 0 bridgehead atoms. The molecule has 0 unspecified atom stereocenters. The Morgan fingerprint density at radius 1 is 1.00 bits per heavy atom. The van der Waals surface area contributed by atoms with Crippen LogP contribution >= 0.6 is 0 Å². The molecule has 2 rings (SSSR count). The van der Waals surface area contributed by atoms with Crippen LogP contribution < -0.4 is 11.1 Å². The second-order valence-electron chi connectivity index (χ2n) is 4.82. The van der Waals surface area contributed by atoms with Crippen molar-refractivity contribution in [2.45, 2.75) is 26.1 Å². The van der Waals surface area contributed by atoms with Crippen molar-refractivity contribution in [3.8, 4) is 0 Å². The molecule has 0 aliphatic carbocycles. The van der Waals surface area contributed by atoms with Gasteiger partial charge < -0.3 is 11.1 Å². The van der Waals surface area contributed by atoms with Crippen molar-refractivity contribution < 1.29 is 13.2 Å². The summed E-state index contributed by atoms with van der Waals surface area (Å²) in [5, 5.41) is 3.05. The first-order valence-electron chi connectivity index (χ1n) is 6.68. The summed E-state index contributed by atoms with van der Waals surface area (Å²) in [6.45, 7) is 2.59. The number of rotatable bonds is 4. The van der Waals surface area contributed by atoms with Crippen LogP contribution in [0.4, 0.5) is 24.5 Å². The predicted molar refractivity (Wildman–Crippen MR) is 79.0 cm³/mol. The van der Waals surface area contributed by atoms with E-state index in [-0.39, 0.29) is 5.69 Å². The third-order valence-corrected chi connectivity index (χ3v) is 3.29. The lowest BCUT2D eigenvalue weighted by atomic mass is 10.1. The lowest BCUT2D eigenvalue weighted by molar-refractivity contribution is -0.137. The van der Waals surface area contributed by atoms with Gasteiger partial charge in [-0.3, -0.25) is 0 Å². The number of nitrogen functional groups attached to an aromatic ring is 1. The van der Waals surface area contributed by atoms with Crippen LogP contribution in [-0.4, -0.2) is 0 Å². The van der Waals surface area contributed by atoms with E-state index in [9.17, 15) is 13.2 Å². The molecule has 0 fully saturated rings. The highest BCUT2D eigenvalue weighted by atomic mass is 19.4. The van der Waals surface area contributed by atoms with Crippen molar-refractivity contribution >= 4 is 11.4 Å². The highest BCUT2D eigenvalue weighted by Crippen LogP contribution is 2.32. The topological polar surface area (TPSA) is 38.0 Å². The Balaban J connectivity index is 2.06. The van der Waals surface area contributed by atoms with Crippen molar-refractivity contribution in [1.82, 2.24) is 0 Å². The van der Waals surface area contributed by atoms with E-state index in [0.717, 1.165) is 24.1 Å². The van der Waals surface area contributed by atoms with Crippen LogP contribution in [0, 0.1) is 0 Å². The van der Waals surface area contributed by atoms with E-state index < -0.39 is 11.7 Å². The SMILES string of the molecule is CCc1ccc(CNc2ccc(C(F)(F)F)cc2N)cc1. The fourth-order valence-corrected chi connectivity index (χ4v) is 1.99. The zero-order valence-corrected chi connectivity index (χ0v) is 11.7. The molecule has 0 spiro atoms. The van der Waals surface area contributed by atoms with Crippen molar-refractivity contribution in [2.24, 2.45) is 0 Å². The highest BCUT2D eigenvalue weighted by molar-refractivity contribution is 5.67. The number of alkyl halides is 3. The van der Waals surface area contributed by atoms with Crippen LogP contribution in [0.1, 0.15) is 23.6 Å². The molecule has 2 aromatic carbocycles. The van der Waals surface area contributed by atoms with Crippen molar-refractivity contribution in [3.05, 3.63) is 59.2 Å². The summed E-state index contributed by atoms with van der Waals surface area (Å²) in [5.74, 6) is 0. The minimum Gasteiger partial charge on any atom is -0.397 e. The number of anilines is 2. The van der Waals surface area contributed by atoms with Gasteiger partial charge in [-0.2, -0.15) is 13.2 Å². The maximum Gasteiger partial charge on any atom is 0.416 e. The van der Waals surface area contributed by atoms with Crippen LogP contribution in [-0.2, 0) is 19.1 Å². The van der Waals surface area contributed by atoms with Crippen molar-refractivity contribution in [1.29, 1.82) is 0 Å². The van der Waals surface area contributed by atoms with Gasteiger partial charge in [0.1, 0.15) is 0 Å². The number of halogens is 3. The first-order chi connectivity index (χ1) is 9.90. The first-order valence-corrected chi connectivity index (χ1v) is 6.68. The second-order valence-corrected chi connectivity index (χ2v) is 4.82. The van der Waals surface area contributed by atoms with Crippen LogP contribution in [0.5, 0.6) is 0 Å². The van der Waals surface area contributed by atoms with Gasteiger partial charge >= 0.3 is 6.18 Å². The number of aryl methyl sites for hydroxylation is 1. The van der Waals surface area contributed by atoms with E-state index in [2.05, 4.69) is 12.2 Å². The molecular weight excluding hydrogens is 277 g/mol. The van der Waals surface area contributed by atoms with Gasteiger partial charge in [0.25, 0.3) is 0 Å². The van der Waals surface area contributed by atoms with E-state index in [1.54, 1.807) is 0 Å². The van der Waals surface area contributed by atoms with E-state index in [0.29, 0.717) is 12.2 Å². The van der Waals surface area contributed by atoms with Crippen LogP contribution in [0.3, 0.4) is 0 Å². The Bertz CT molecular complexity index is 604. The van der Waals surface area contributed by atoms with Gasteiger partial charge in [-0.1, -0.05) is 31.2 Å². The van der Waals surface area contributed by atoms with E-state index in [1.807, 2.05) is 24.3 Å². The molecule has 2 nitrogen and oxygen atoms in total.